The van der Waals surface area contributed by atoms with Gasteiger partial charge in [0.2, 0.25) is 0 Å². The lowest BCUT2D eigenvalue weighted by Crippen LogP contribution is -2.00. The molecule has 3 rings (SSSR count). The first-order valence-electron chi connectivity index (χ1n) is 6.21. The third-order valence-corrected chi connectivity index (χ3v) is 5.53. The van der Waals surface area contributed by atoms with Crippen LogP contribution in [0.3, 0.4) is 0 Å². The van der Waals surface area contributed by atoms with E-state index in [2.05, 4.69) is 11.9 Å². The van der Waals surface area contributed by atoms with Crippen LogP contribution >= 0.6 is 23.4 Å². The summed E-state index contributed by atoms with van der Waals surface area (Å²) in [7, 11) is 0. The van der Waals surface area contributed by atoms with E-state index in [1.54, 1.807) is 0 Å². The van der Waals surface area contributed by atoms with Crippen LogP contribution in [0.1, 0.15) is 36.1 Å². The van der Waals surface area contributed by atoms with E-state index >= 15 is 0 Å². The van der Waals surface area contributed by atoms with Crippen molar-refractivity contribution in [3.63, 3.8) is 0 Å². The first-order chi connectivity index (χ1) is 8.29. The molecule has 0 bridgehead atoms. The third-order valence-electron chi connectivity index (χ3n) is 3.56. The second-order valence-corrected chi connectivity index (χ2v) is 6.58. The number of anilines is 1. The van der Waals surface area contributed by atoms with Crippen LogP contribution in [-0.4, -0.2) is 4.55 Å². The summed E-state index contributed by atoms with van der Waals surface area (Å²) in [5.41, 5.74) is 2.50. The lowest BCUT2D eigenvalue weighted by atomic mass is 9.99. The number of fused-ring (bicyclic) bond motifs is 1. The molecular weight excluding hydrogens is 250 g/mol. The van der Waals surface area contributed by atoms with Gasteiger partial charge >= 0.3 is 0 Å². The van der Waals surface area contributed by atoms with Crippen molar-refractivity contribution >= 4 is 28.4 Å². The molecule has 0 spiro atoms. The average Bonchev–Trinajstić information content (AvgIpc) is 3.11. The maximum absolute atomic E-state index is 9.48. The molecule has 1 heterocycles. The standard InChI is InChI=1S/C13H17NOS2/c1-8(9-6-7-9)14-13-12(17-15)10-4-2-3-5-11(10)16-13/h9,14-15H,1-7H2. The number of allylic oxidation sites excluding steroid dienone is 1. The fourth-order valence-electron chi connectivity index (χ4n) is 2.40. The highest BCUT2D eigenvalue weighted by Gasteiger charge is 2.27. The molecule has 17 heavy (non-hydrogen) atoms. The van der Waals surface area contributed by atoms with Gasteiger partial charge in [-0.2, -0.15) is 0 Å². The first kappa shape index (κ1) is 11.6. The SMILES string of the molecule is C=C(Nc1sc2c(c1SO)CCCC2)C1CC1. The number of nitrogens with one attached hydrogen (secondary N) is 1. The van der Waals surface area contributed by atoms with E-state index in [0.29, 0.717) is 5.92 Å². The largest absolute Gasteiger partial charge is 0.350 e. The average molecular weight is 267 g/mol. The lowest BCUT2D eigenvalue weighted by Gasteiger charge is -2.11. The summed E-state index contributed by atoms with van der Waals surface area (Å²) in [5.74, 6) is 0.658. The number of hydrogen-bond donors (Lipinski definition) is 2. The van der Waals surface area contributed by atoms with Gasteiger partial charge in [-0.3, -0.25) is 0 Å². The van der Waals surface area contributed by atoms with Gasteiger partial charge in [-0.1, -0.05) is 6.58 Å². The fraction of sp³-hybridized carbons (Fsp3) is 0.538. The Bertz CT molecular complexity index is 449. The lowest BCUT2D eigenvalue weighted by molar-refractivity contribution is 0.656. The molecule has 0 amide bonds. The smallest absolute Gasteiger partial charge is 0.109 e. The molecule has 0 unspecified atom stereocenters. The van der Waals surface area contributed by atoms with E-state index in [9.17, 15) is 4.55 Å². The van der Waals surface area contributed by atoms with Crippen LogP contribution in [0.2, 0.25) is 0 Å². The molecule has 0 aliphatic heterocycles. The monoisotopic (exact) mass is 267 g/mol. The quantitative estimate of drug-likeness (QED) is 0.786. The van der Waals surface area contributed by atoms with E-state index in [1.165, 1.54) is 42.5 Å². The topological polar surface area (TPSA) is 32.3 Å². The second-order valence-electron chi connectivity index (χ2n) is 4.88. The summed E-state index contributed by atoms with van der Waals surface area (Å²) < 4.78 is 9.48. The number of thiophene rings is 1. The van der Waals surface area contributed by atoms with Crippen LogP contribution < -0.4 is 5.32 Å². The van der Waals surface area contributed by atoms with Gasteiger partial charge in [0, 0.05) is 22.6 Å². The minimum absolute atomic E-state index is 0.658. The highest BCUT2D eigenvalue weighted by molar-refractivity contribution is 7.94. The molecule has 1 aromatic heterocycles. The molecule has 2 aliphatic rings. The minimum atomic E-state index is 0.658. The van der Waals surface area contributed by atoms with E-state index in [1.807, 2.05) is 11.3 Å². The van der Waals surface area contributed by atoms with Gasteiger partial charge < -0.3 is 9.87 Å². The summed E-state index contributed by atoms with van der Waals surface area (Å²) >= 11 is 2.70. The van der Waals surface area contributed by atoms with E-state index in [4.69, 9.17) is 0 Å². The molecule has 0 radical (unpaired) electrons. The van der Waals surface area contributed by atoms with Crippen molar-refractivity contribution in [2.75, 3.05) is 5.32 Å². The molecule has 2 nitrogen and oxygen atoms in total. The molecule has 1 saturated carbocycles. The molecule has 92 valence electrons. The molecular formula is C13H17NOS2. The van der Waals surface area contributed by atoms with Gasteiger partial charge in [-0.05, 0) is 50.0 Å². The molecule has 1 fully saturated rings. The van der Waals surface area contributed by atoms with E-state index in [0.717, 1.165) is 34.1 Å². The molecule has 0 aromatic carbocycles. The molecule has 2 N–H and O–H groups in total. The maximum atomic E-state index is 9.48. The van der Waals surface area contributed by atoms with Crippen molar-refractivity contribution in [2.24, 2.45) is 5.92 Å². The van der Waals surface area contributed by atoms with Crippen molar-refractivity contribution in [2.45, 2.75) is 43.4 Å². The number of rotatable bonds is 4. The van der Waals surface area contributed by atoms with Crippen LogP contribution in [0.4, 0.5) is 5.00 Å². The Hall–Kier alpha value is -0.450. The summed E-state index contributed by atoms with van der Waals surface area (Å²) in [5, 5.41) is 4.54. The van der Waals surface area contributed by atoms with Gasteiger partial charge in [-0.15, -0.1) is 11.3 Å². The van der Waals surface area contributed by atoms with Crippen LogP contribution in [-0.2, 0) is 12.8 Å². The maximum Gasteiger partial charge on any atom is 0.109 e. The normalized spacial score (nSPS) is 18.9. The van der Waals surface area contributed by atoms with Crippen LogP contribution in [0.15, 0.2) is 17.2 Å². The Kier molecular flexibility index (Phi) is 3.19. The summed E-state index contributed by atoms with van der Waals surface area (Å²) in [6.45, 7) is 4.10. The zero-order chi connectivity index (χ0) is 11.8. The highest BCUT2D eigenvalue weighted by Crippen LogP contribution is 2.45. The molecule has 2 aliphatic carbocycles. The van der Waals surface area contributed by atoms with Crippen molar-refractivity contribution in [3.05, 3.63) is 22.7 Å². The second kappa shape index (κ2) is 4.67. The molecule has 1 aromatic rings. The summed E-state index contributed by atoms with van der Waals surface area (Å²) in [6.07, 6.45) is 7.35. The van der Waals surface area contributed by atoms with Crippen molar-refractivity contribution < 1.29 is 4.55 Å². The zero-order valence-corrected chi connectivity index (χ0v) is 11.4. The third kappa shape index (κ3) is 2.26. The number of hydrogen-bond acceptors (Lipinski definition) is 4. The minimum Gasteiger partial charge on any atom is -0.350 e. The van der Waals surface area contributed by atoms with Crippen molar-refractivity contribution in [1.82, 2.24) is 0 Å². The van der Waals surface area contributed by atoms with Crippen LogP contribution in [0.25, 0.3) is 0 Å². The number of aryl methyl sites for hydroxylation is 1. The molecule has 4 heteroatoms. The van der Waals surface area contributed by atoms with Gasteiger partial charge in [0.05, 0.1) is 4.90 Å². The van der Waals surface area contributed by atoms with E-state index < -0.39 is 0 Å². The van der Waals surface area contributed by atoms with Gasteiger partial charge in [-0.25, -0.2) is 0 Å². The van der Waals surface area contributed by atoms with Gasteiger partial charge in [0.25, 0.3) is 0 Å². The highest BCUT2D eigenvalue weighted by atomic mass is 32.2. The first-order valence-corrected chi connectivity index (χ1v) is 7.80. The van der Waals surface area contributed by atoms with Gasteiger partial charge in [0.1, 0.15) is 5.00 Å². The predicted octanol–water partition coefficient (Wildman–Crippen LogP) is 4.53. The molecule has 0 saturated heterocycles. The Morgan fingerprint density at radius 1 is 1.35 bits per heavy atom. The van der Waals surface area contributed by atoms with Gasteiger partial charge in [0.15, 0.2) is 0 Å². The predicted molar refractivity (Wildman–Crippen MR) is 74.9 cm³/mol. The van der Waals surface area contributed by atoms with Crippen molar-refractivity contribution in [3.8, 4) is 0 Å². The Morgan fingerprint density at radius 2 is 2.12 bits per heavy atom. The Morgan fingerprint density at radius 3 is 2.82 bits per heavy atom. The Labute approximate surface area is 110 Å². The molecule has 0 atom stereocenters. The Balaban J connectivity index is 1.87. The van der Waals surface area contributed by atoms with Crippen LogP contribution in [0.5, 0.6) is 0 Å². The summed E-state index contributed by atoms with van der Waals surface area (Å²) in [6, 6.07) is 0. The fourth-order valence-corrected chi connectivity index (χ4v) is 4.38. The van der Waals surface area contributed by atoms with Crippen molar-refractivity contribution in [1.29, 1.82) is 0 Å². The van der Waals surface area contributed by atoms with E-state index in [-0.39, 0.29) is 0 Å². The summed E-state index contributed by atoms with van der Waals surface area (Å²) in [4.78, 5) is 2.50. The zero-order valence-electron chi connectivity index (χ0n) is 9.79. The van der Waals surface area contributed by atoms with Crippen LogP contribution in [0, 0.1) is 5.92 Å².